The van der Waals surface area contributed by atoms with Gasteiger partial charge in [0.2, 0.25) is 0 Å². The Morgan fingerprint density at radius 3 is 3.00 bits per heavy atom. The van der Waals surface area contributed by atoms with Crippen molar-refractivity contribution in [3.63, 3.8) is 0 Å². The van der Waals surface area contributed by atoms with Crippen LogP contribution in [0.5, 0.6) is 5.75 Å². The zero-order chi connectivity index (χ0) is 9.97. The Bertz CT molecular complexity index is 493. The molecule has 0 amide bonds. The van der Waals surface area contributed by atoms with Gasteiger partial charge in [0.05, 0.1) is 18.0 Å². The first-order chi connectivity index (χ1) is 6.81. The molecule has 0 aliphatic heterocycles. The zero-order valence-corrected chi connectivity index (χ0v) is 7.64. The Balaban J connectivity index is 2.46. The van der Waals surface area contributed by atoms with E-state index in [1.807, 2.05) is 22.9 Å². The average molecular weight is 186 g/mol. The van der Waals surface area contributed by atoms with E-state index >= 15 is 0 Å². The molecule has 70 valence electrons. The van der Waals surface area contributed by atoms with Crippen molar-refractivity contribution in [2.45, 2.75) is 13.0 Å². The van der Waals surface area contributed by atoms with E-state index in [1.165, 1.54) is 0 Å². The van der Waals surface area contributed by atoms with Gasteiger partial charge >= 0.3 is 0 Å². The van der Waals surface area contributed by atoms with Crippen molar-refractivity contribution in [1.29, 1.82) is 5.26 Å². The van der Waals surface area contributed by atoms with E-state index in [1.54, 1.807) is 12.1 Å². The number of nitrogens with zero attached hydrogens (tertiary/aromatic N) is 2. The zero-order valence-electron chi connectivity index (χ0n) is 7.64. The molecule has 3 heteroatoms. The molecule has 2 rings (SSSR count). The predicted molar refractivity (Wildman–Crippen MR) is 53.8 cm³/mol. The maximum absolute atomic E-state index is 9.32. The highest BCUT2D eigenvalue weighted by Gasteiger charge is 2.00. The first-order valence-corrected chi connectivity index (χ1v) is 4.46. The van der Waals surface area contributed by atoms with E-state index in [2.05, 4.69) is 6.07 Å². The molecule has 1 aromatic carbocycles. The largest absolute Gasteiger partial charge is 0.508 e. The quantitative estimate of drug-likeness (QED) is 0.782. The second-order valence-electron chi connectivity index (χ2n) is 3.16. The van der Waals surface area contributed by atoms with Crippen molar-refractivity contribution in [3.05, 3.63) is 30.5 Å². The average Bonchev–Trinajstić information content (AvgIpc) is 2.57. The van der Waals surface area contributed by atoms with Crippen LogP contribution >= 0.6 is 0 Å². The topological polar surface area (TPSA) is 49.0 Å². The minimum absolute atomic E-state index is 0.259. The summed E-state index contributed by atoms with van der Waals surface area (Å²) in [5.41, 5.74) is 0.972. The van der Waals surface area contributed by atoms with Crippen molar-refractivity contribution in [3.8, 4) is 11.8 Å². The van der Waals surface area contributed by atoms with Crippen LogP contribution in [0.1, 0.15) is 6.42 Å². The number of fused-ring (bicyclic) bond motifs is 1. The van der Waals surface area contributed by atoms with Crippen LogP contribution in [0.3, 0.4) is 0 Å². The molecule has 3 nitrogen and oxygen atoms in total. The fourth-order valence-electron chi connectivity index (χ4n) is 1.54. The van der Waals surface area contributed by atoms with E-state index in [4.69, 9.17) is 5.26 Å². The smallest absolute Gasteiger partial charge is 0.117 e. The van der Waals surface area contributed by atoms with Crippen LogP contribution in [0.2, 0.25) is 0 Å². The molecule has 0 saturated heterocycles. The highest BCUT2D eigenvalue weighted by molar-refractivity contribution is 5.81. The van der Waals surface area contributed by atoms with Crippen LogP contribution in [-0.4, -0.2) is 9.67 Å². The van der Waals surface area contributed by atoms with Crippen molar-refractivity contribution in [1.82, 2.24) is 4.57 Å². The van der Waals surface area contributed by atoms with Crippen molar-refractivity contribution in [2.24, 2.45) is 0 Å². The third-order valence-corrected chi connectivity index (χ3v) is 2.22. The number of benzene rings is 1. The summed E-state index contributed by atoms with van der Waals surface area (Å²) >= 11 is 0. The van der Waals surface area contributed by atoms with Crippen molar-refractivity contribution in [2.75, 3.05) is 0 Å². The fraction of sp³-hybridized carbons (Fsp3) is 0.182. The third kappa shape index (κ3) is 1.42. The molecule has 0 fully saturated rings. The highest BCUT2D eigenvalue weighted by atomic mass is 16.3. The lowest BCUT2D eigenvalue weighted by molar-refractivity contribution is 0.476. The van der Waals surface area contributed by atoms with Gasteiger partial charge in [-0.1, -0.05) is 0 Å². The fourth-order valence-corrected chi connectivity index (χ4v) is 1.54. The molecular weight excluding hydrogens is 176 g/mol. The number of phenolic OH excluding ortho intramolecular Hbond substituents is 1. The van der Waals surface area contributed by atoms with Gasteiger partial charge in [-0.3, -0.25) is 0 Å². The van der Waals surface area contributed by atoms with Crippen molar-refractivity contribution >= 4 is 10.9 Å². The van der Waals surface area contributed by atoms with Crippen LogP contribution in [0.25, 0.3) is 10.9 Å². The van der Waals surface area contributed by atoms with Gasteiger partial charge in [0.15, 0.2) is 0 Å². The van der Waals surface area contributed by atoms with E-state index in [0.29, 0.717) is 13.0 Å². The third-order valence-electron chi connectivity index (χ3n) is 2.22. The minimum Gasteiger partial charge on any atom is -0.508 e. The molecule has 1 aromatic heterocycles. The molecule has 1 N–H and O–H groups in total. The van der Waals surface area contributed by atoms with E-state index in [0.717, 1.165) is 10.9 Å². The molecule has 0 aliphatic rings. The number of hydrogen-bond donors (Lipinski definition) is 1. The lowest BCUT2D eigenvalue weighted by Gasteiger charge is -2.01. The Kier molecular flexibility index (Phi) is 2.11. The number of aryl methyl sites for hydroxylation is 1. The number of nitriles is 1. The molecule has 0 atom stereocenters. The highest BCUT2D eigenvalue weighted by Crippen LogP contribution is 2.21. The second-order valence-corrected chi connectivity index (χ2v) is 3.16. The van der Waals surface area contributed by atoms with Gasteiger partial charge in [-0.25, -0.2) is 0 Å². The molecule has 0 saturated carbocycles. The number of aromatic hydroxyl groups is 1. The first kappa shape index (κ1) is 8.64. The molecule has 0 aliphatic carbocycles. The maximum Gasteiger partial charge on any atom is 0.117 e. The molecule has 0 unspecified atom stereocenters. The van der Waals surface area contributed by atoms with Gasteiger partial charge < -0.3 is 9.67 Å². The van der Waals surface area contributed by atoms with Crippen LogP contribution in [-0.2, 0) is 6.54 Å². The monoisotopic (exact) mass is 186 g/mol. The summed E-state index contributed by atoms with van der Waals surface area (Å²) in [5.74, 6) is 0.259. The van der Waals surface area contributed by atoms with Gasteiger partial charge in [0.25, 0.3) is 0 Å². The lowest BCUT2D eigenvalue weighted by Crippen LogP contribution is -1.93. The van der Waals surface area contributed by atoms with Crippen LogP contribution in [0.15, 0.2) is 30.5 Å². The standard InChI is InChI=1S/C11H10N2O/c12-5-1-6-13-7-4-9-2-3-10(14)8-11(9)13/h2-4,7-8,14H,1,6H2. The Morgan fingerprint density at radius 2 is 2.21 bits per heavy atom. The van der Waals surface area contributed by atoms with Gasteiger partial charge in [0.1, 0.15) is 5.75 Å². The number of phenols is 1. The molecule has 2 aromatic rings. The summed E-state index contributed by atoms with van der Waals surface area (Å²) in [6, 6.07) is 9.33. The summed E-state index contributed by atoms with van der Waals surface area (Å²) < 4.78 is 1.97. The molecule has 0 bridgehead atoms. The van der Waals surface area contributed by atoms with Crippen LogP contribution in [0.4, 0.5) is 0 Å². The van der Waals surface area contributed by atoms with Crippen molar-refractivity contribution < 1.29 is 5.11 Å². The molecule has 0 radical (unpaired) electrons. The predicted octanol–water partition coefficient (Wildman–Crippen LogP) is 2.26. The van der Waals surface area contributed by atoms with Gasteiger partial charge in [-0.05, 0) is 23.6 Å². The molecule has 1 heterocycles. The Morgan fingerprint density at radius 1 is 1.36 bits per heavy atom. The minimum atomic E-state index is 0.259. The summed E-state index contributed by atoms with van der Waals surface area (Å²) in [4.78, 5) is 0. The van der Waals surface area contributed by atoms with Gasteiger partial charge in [-0.15, -0.1) is 0 Å². The van der Waals surface area contributed by atoms with Crippen LogP contribution < -0.4 is 0 Å². The maximum atomic E-state index is 9.32. The van der Waals surface area contributed by atoms with E-state index in [-0.39, 0.29) is 5.75 Å². The number of hydrogen-bond acceptors (Lipinski definition) is 2. The second kappa shape index (κ2) is 3.43. The van der Waals surface area contributed by atoms with Gasteiger partial charge in [-0.2, -0.15) is 5.26 Å². The number of rotatable bonds is 2. The Labute approximate surface area is 81.8 Å². The normalized spacial score (nSPS) is 10.2. The summed E-state index contributed by atoms with van der Waals surface area (Å²) in [7, 11) is 0. The van der Waals surface area contributed by atoms with Gasteiger partial charge in [0, 0.05) is 18.8 Å². The van der Waals surface area contributed by atoms with E-state index in [9.17, 15) is 5.11 Å². The molecule has 0 spiro atoms. The molecule has 14 heavy (non-hydrogen) atoms. The van der Waals surface area contributed by atoms with E-state index < -0.39 is 0 Å². The molecular formula is C11H10N2O. The first-order valence-electron chi connectivity index (χ1n) is 4.46. The summed E-state index contributed by atoms with van der Waals surface area (Å²) in [6.07, 6.45) is 2.42. The van der Waals surface area contributed by atoms with Crippen LogP contribution in [0, 0.1) is 11.3 Å². The number of aromatic nitrogens is 1. The summed E-state index contributed by atoms with van der Waals surface area (Å²) in [5, 5.41) is 18.9. The summed E-state index contributed by atoms with van der Waals surface area (Å²) in [6.45, 7) is 0.670. The lowest BCUT2D eigenvalue weighted by atomic mass is 10.2. The SMILES string of the molecule is N#CCCn1ccc2ccc(O)cc21. The Hall–Kier alpha value is -1.95.